The number of anilines is 1. The number of hydrogen-bond acceptors (Lipinski definition) is 7. The second-order valence-electron chi connectivity index (χ2n) is 8.08. The molecule has 1 aliphatic heterocycles. The van der Waals surface area contributed by atoms with Gasteiger partial charge in [0.25, 0.3) is 5.56 Å². The molecule has 1 aromatic carbocycles. The number of aromatic nitrogens is 6. The zero-order valence-corrected chi connectivity index (χ0v) is 18.5. The summed E-state index contributed by atoms with van der Waals surface area (Å²) in [4.78, 5) is 46.9. The molecule has 1 aliphatic rings. The smallest absolute Gasteiger partial charge is 0.261 e. The molecule has 33 heavy (non-hydrogen) atoms. The molecule has 1 fully saturated rings. The molecule has 0 radical (unpaired) electrons. The lowest BCUT2D eigenvalue weighted by atomic mass is 10.2. The van der Waals surface area contributed by atoms with Crippen LogP contribution in [0.4, 0.5) is 5.82 Å². The van der Waals surface area contributed by atoms with Gasteiger partial charge < -0.3 is 9.80 Å². The molecule has 0 bridgehead atoms. The lowest BCUT2D eigenvalue weighted by Crippen LogP contribution is -2.50. The van der Waals surface area contributed by atoms with Crippen LogP contribution in [-0.4, -0.2) is 66.1 Å². The van der Waals surface area contributed by atoms with Crippen molar-refractivity contribution in [2.24, 2.45) is 0 Å². The molecule has 4 heterocycles. The van der Waals surface area contributed by atoms with E-state index in [4.69, 9.17) is 0 Å². The zero-order chi connectivity index (χ0) is 22.9. The molecular formula is C23H24N8O2. The molecule has 10 heteroatoms. The minimum atomic E-state index is -0.203. The normalized spacial score (nSPS) is 14.1. The van der Waals surface area contributed by atoms with Crippen LogP contribution in [0.2, 0.25) is 0 Å². The average molecular weight is 444 g/mol. The van der Waals surface area contributed by atoms with E-state index in [1.54, 1.807) is 35.8 Å². The van der Waals surface area contributed by atoms with Crippen LogP contribution in [0.25, 0.3) is 16.7 Å². The van der Waals surface area contributed by atoms with Crippen LogP contribution in [0.15, 0.2) is 54.1 Å². The van der Waals surface area contributed by atoms with Crippen molar-refractivity contribution < 1.29 is 4.79 Å². The summed E-state index contributed by atoms with van der Waals surface area (Å²) in [5.41, 5.74) is 2.42. The second kappa shape index (κ2) is 8.45. The lowest BCUT2D eigenvalue weighted by molar-refractivity contribution is -0.132. The number of benzene rings is 1. The molecule has 1 amide bonds. The second-order valence-corrected chi connectivity index (χ2v) is 8.08. The van der Waals surface area contributed by atoms with Crippen molar-refractivity contribution in [3.63, 3.8) is 0 Å². The highest BCUT2D eigenvalue weighted by molar-refractivity contribution is 5.79. The molecule has 0 atom stereocenters. The molecule has 10 nitrogen and oxygen atoms in total. The molecule has 0 saturated carbocycles. The maximum Gasteiger partial charge on any atom is 0.261 e. The zero-order valence-electron chi connectivity index (χ0n) is 18.5. The predicted molar refractivity (Wildman–Crippen MR) is 123 cm³/mol. The Morgan fingerprint density at radius 1 is 0.939 bits per heavy atom. The first-order chi connectivity index (χ1) is 16.0. The lowest BCUT2D eigenvalue weighted by Gasteiger charge is -2.35. The van der Waals surface area contributed by atoms with E-state index in [1.807, 2.05) is 30.5 Å². The summed E-state index contributed by atoms with van der Waals surface area (Å²) in [6, 6.07) is 9.08. The van der Waals surface area contributed by atoms with Crippen molar-refractivity contribution in [1.29, 1.82) is 0 Å². The van der Waals surface area contributed by atoms with Gasteiger partial charge in [0, 0.05) is 37.9 Å². The van der Waals surface area contributed by atoms with Crippen molar-refractivity contribution in [2.45, 2.75) is 20.4 Å². The van der Waals surface area contributed by atoms with Crippen molar-refractivity contribution in [2.75, 3.05) is 31.1 Å². The van der Waals surface area contributed by atoms with Gasteiger partial charge in [-0.15, -0.1) is 0 Å². The van der Waals surface area contributed by atoms with E-state index in [1.165, 1.54) is 10.9 Å². The quantitative estimate of drug-likeness (QED) is 0.468. The number of nitrogens with zero attached hydrogens (tertiary/aromatic N) is 8. The van der Waals surface area contributed by atoms with Gasteiger partial charge in [-0.3, -0.25) is 18.7 Å². The Morgan fingerprint density at radius 2 is 1.70 bits per heavy atom. The largest absolute Gasteiger partial charge is 0.353 e. The topological polar surface area (TPSA) is 102 Å². The monoisotopic (exact) mass is 444 g/mol. The summed E-state index contributed by atoms with van der Waals surface area (Å²) in [5.74, 6) is 1.48. The van der Waals surface area contributed by atoms with Crippen LogP contribution in [0.5, 0.6) is 0 Å². The van der Waals surface area contributed by atoms with Crippen molar-refractivity contribution in [3.8, 4) is 5.82 Å². The number of aryl methyl sites for hydroxylation is 1. The van der Waals surface area contributed by atoms with Crippen LogP contribution < -0.4 is 10.5 Å². The predicted octanol–water partition coefficient (Wildman–Crippen LogP) is 1.34. The van der Waals surface area contributed by atoms with E-state index in [-0.39, 0.29) is 18.0 Å². The third-order valence-electron chi connectivity index (χ3n) is 6.13. The maximum atomic E-state index is 12.9. The average Bonchev–Trinajstić information content (AvgIpc) is 3.19. The first-order valence-corrected chi connectivity index (χ1v) is 10.8. The summed E-state index contributed by atoms with van der Waals surface area (Å²) in [6.07, 6.45) is 4.76. The maximum absolute atomic E-state index is 12.9. The van der Waals surface area contributed by atoms with E-state index in [9.17, 15) is 9.59 Å². The Labute approximate surface area is 190 Å². The molecule has 3 aromatic heterocycles. The Kier molecular flexibility index (Phi) is 5.33. The molecule has 5 rings (SSSR count). The van der Waals surface area contributed by atoms with Gasteiger partial charge in [0.1, 0.15) is 30.8 Å². The SMILES string of the molecule is Cc1ncn(-c2cc(N3CCN(C(=O)Cn4cnc5ccccc5c4=O)CC3)ncn2)c1C. The Balaban J connectivity index is 1.26. The van der Waals surface area contributed by atoms with Gasteiger partial charge in [0.2, 0.25) is 5.91 Å². The number of piperazine rings is 1. The summed E-state index contributed by atoms with van der Waals surface area (Å²) in [7, 11) is 0. The Bertz CT molecular complexity index is 1380. The molecule has 0 aliphatic carbocycles. The summed E-state index contributed by atoms with van der Waals surface area (Å²) in [6.45, 7) is 6.35. The molecule has 0 spiro atoms. The van der Waals surface area contributed by atoms with Crippen LogP contribution >= 0.6 is 0 Å². The Hall–Kier alpha value is -4.08. The van der Waals surface area contributed by atoms with Gasteiger partial charge in [-0.25, -0.2) is 19.9 Å². The fourth-order valence-electron chi connectivity index (χ4n) is 4.02. The highest BCUT2D eigenvalue weighted by Crippen LogP contribution is 2.18. The van der Waals surface area contributed by atoms with E-state index < -0.39 is 0 Å². The Morgan fingerprint density at radius 3 is 2.45 bits per heavy atom. The fraction of sp³-hybridized carbons (Fsp3) is 0.304. The van der Waals surface area contributed by atoms with Crippen LogP contribution in [0.1, 0.15) is 11.4 Å². The molecule has 0 N–H and O–H groups in total. The molecule has 0 unspecified atom stereocenters. The summed E-state index contributed by atoms with van der Waals surface area (Å²) in [5, 5.41) is 0.514. The number of fused-ring (bicyclic) bond motifs is 1. The van der Waals surface area contributed by atoms with Crippen molar-refractivity contribution >= 4 is 22.6 Å². The number of para-hydroxylation sites is 1. The van der Waals surface area contributed by atoms with Crippen LogP contribution in [0, 0.1) is 13.8 Å². The number of rotatable bonds is 4. The third-order valence-corrected chi connectivity index (χ3v) is 6.13. The van der Waals surface area contributed by atoms with Gasteiger partial charge in [-0.1, -0.05) is 12.1 Å². The standard InChI is InChI=1S/C23H24N8O2/c1-16-17(2)31(15-26-16)21-11-20(24-13-25-21)28-7-9-29(10-8-28)22(32)12-30-14-27-19-6-4-3-5-18(19)23(30)33/h3-6,11,13-15H,7-10,12H2,1-2H3. The third kappa shape index (κ3) is 3.95. The van der Waals surface area contributed by atoms with E-state index in [2.05, 4.69) is 24.8 Å². The molecule has 168 valence electrons. The minimum absolute atomic E-state index is 0.0203. The molecule has 4 aromatic rings. The van der Waals surface area contributed by atoms with Gasteiger partial charge in [0.15, 0.2) is 0 Å². The number of carbonyl (C=O) groups excluding carboxylic acids is 1. The highest BCUT2D eigenvalue weighted by atomic mass is 16.2. The van der Waals surface area contributed by atoms with Gasteiger partial charge in [-0.05, 0) is 26.0 Å². The van der Waals surface area contributed by atoms with E-state index in [0.29, 0.717) is 37.1 Å². The molecular weight excluding hydrogens is 420 g/mol. The van der Waals surface area contributed by atoms with Gasteiger partial charge in [0.05, 0.1) is 22.9 Å². The van der Waals surface area contributed by atoms with Crippen molar-refractivity contribution in [1.82, 2.24) is 34.0 Å². The number of imidazole rings is 1. The van der Waals surface area contributed by atoms with Gasteiger partial charge in [-0.2, -0.15) is 0 Å². The van der Waals surface area contributed by atoms with Crippen LogP contribution in [-0.2, 0) is 11.3 Å². The number of amides is 1. The first kappa shape index (κ1) is 20.8. The number of hydrogen-bond donors (Lipinski definition) is 0. The van der Waals surface area contributed by atoms with Crippen molar-refractivity contribution in [3.05, 3.63) is 71.1 Å². The summed E-state index contributed by atoms with van der Waals surface area (Å²) < 4.78 is 3.32. The van der Waals surface area contributed by atoms with E-state index in [0.717, 1.165) is 23.0 Å². The highest BCUT2D eigenvalue weighted by Gasteiger charge is 2.23. The fourth-order valence-corrected chi connectivity index (χ4v) is 4.02. The van der Waals surface area contributed by atoms with E-state index >= 15 is 0 Å². The summed E-state index contributed by atoms with van der Waals surface area (Å²) >= 11 is 0. The number of carbonyl (C=O) groups is 1. The molecule has 1 saturated heterocycles. The van der Waals surface area contributed by atoms with Gasteiger partial charge >= 0.3 is 0 Å². The van der Waals surface area contributed by atoms with Crippen LogP contribution in [0.3, 0.4) is 0 Å². The first-order valence-electron chi connectivity index (χ1n) is 10.8. The minimum Gasteiger partial charge on any atom is -0.353 e.